The molecule has 5 nitrogen and oxygen atoms in total. The summed E-state index contributed by atoms with van der Waals surface area (Å²) in [6.45, 7) is 0. The molecule has 0 atom stereocenters. The summed E-state index contributed by atoms with van der Waals surface area (Å²) < 4.78 is 50.0. The van der Waals surface area contributed by atoms with Crippen LogP contribution in [0.3, 0.4) is 0 Å². The van der Waals surface area contributed by atoms with Gasteiger partial charge < -0.3 is 14.2 Å². The van der Waals surface area contributed by atoms with Crippen molar-refractivity contribution in [2.75, 3.05) is 14.2 Å². The van der Waals surface area contributed by atoms with E-state index in [-0.39, 0.29) is 11.4 Å². The average molecular weight is 327 g/mol. The Morgan fingerprint density at radius 2 is 1.70 bits per heavy atom. The molecule has 23 heavy (non-hydrogen) atoms. The van der Waals surface area contributed by atoms with Crippen LogP contribution in [0.2, 0.25) is 0 Å². The highest BCUT2D eigenvalue weighted by Crippen LogP contribution is 2.31. The third-order valence-corrected chi connectivity index (χ3v) is 2.83. The number of hydrogen-bond donors (Lipinski definition) is 0. The Balaban J connectivity index is 2.38. The molecule has 1 heterocycles. The normalized spacial score (nSPS) is 11.0. The Morgan fingerprint density at radius 1 is 1.04 bits per heavy atom. The molecule has 0 aliphatic rings. The van der Waals surface area contributed by atoms with E-state index in [1.165, 1.54) is 38.5 Å². The number of hydrogen-bond acceptors (Lipinski definition) is 5. The molecule has 2 rings (SSSR count). The lowest BCUT2D eigenvalue weighted by molar-refractivity contribution is -0.274. The molecule has 0 radical (unpaired) electrons. The van der Waals surface area contributed by atoms with Gasteiger partial charge in [-0.15, -0.1) is 13.2 Å². The van der Waals surface area contributed by atoms with Crippen LogP contribution in [-0.2, 0) is 4.74 Å². The van der Waals surface area contributed by atoms with Crippen molar-refractivity contribution in [2.45, 2.75) is 6.36 Å². The average Bonchev–Trinajstić information content (AvgIpc) is 2.52. The number of esters is 1. The van der Waals surface area contributed by atoms with E-state index >= 15 is 0 Å². The summed E-state index contributed by atoms with van der Waals surface area (Å²) in [5, 5.41) is 0. The molecular weight excluding hydrogens is 315 g/mol. The topological polar surface area (TPSA) is 57.7 Å². The highest BCUT2D eigenvalue weighted by molar-refractivity contribution is 5.88. The zero-order valence-electron chi connectivity index (χ0n) is 12.2. The zero-order chi connectivity index (χ0) is 17.0. The van der Waals surface area contributed by atoms with Crippen LogP contribution in [0.4, 0.5) is 13.2 Å². The minimum absolute atomic E-state index is 0.0546. The van der Waals surface area contributed by atoms with E-state index in [0.29, 0.717) is 17.0 Å². The van der Waals surface area contributed by atoms with Crippen LogP contribution < -0.4 is 9.47 Å². The summed E-state index contributed by atoms with van der Waals surface area (Å²) in [7, 11) is 2.64. The molecule has 0 aliphatic carbocycles. The Labute approximate surface area is 129 Å². The molecule has 8 heteroatoms. The van der Waals surface area contributed by atoms with Gasteiger partial charge in [-0.05, 0) is 36.4 Å². The molecular formula is C15H12F3NO4. The van der Waals surface area contributed by atoms with Crippen molar-refractivity contribution in [3.63, 3.8) is 0 Å². The molecule has 122 valence electrons. The quantitative estimate of drug-likeness (QED) is 0.805. The highest BCUT2D eigenvalue weighted by atomic mass is 19.4. The molecule has 1 aromatic heterocycles. The van der Waals surface area contributed by atoms with Gasteiger partial charge in [-0.2, -0.15) is 0 Å². The summed E-state index contributed by atoms with van der Waals surface area (Å²) in [6.07, 6.45) is -4.76. The molecule has 0 aliphatic heterocycles. The number of carbonyl (C=O) groups excluding carboxylic acids is 1. The standard InChI is InChI=1S/C15H12F3NO4/c1-21-12-8-7-11(14(20)22-2)19-13(12)9-3-5-10(6-4-9)23-15(16,17)18/h3-8H,1-2H3. The van der Waals surface area contributed by atoms with E-state index in [9.17, 15) is 18.0 Å². The second kappa shape index (κ2) is 6.55. The first-order chi connectivity index (χ1) is 10.8. The van der Waals surface area contributed by atoms with Gasteiger partial charge in [0.25, 0.3) is 0 Å². The number of aromatic nitrogens is 1. The molecule has 0 amide bonds. The second-order valence-corrected chi connectivity index (χ2v) is 4.31. The SMILES string of the molecule is COC(=O)c1ccc(OC)c(-c2ccc(OC(F)(F)F)cc2)n1. The van der Waals surface area contributed by atoms with Crippen molar-refractivity contribution in [1.82, 2.24) is 4.98 Å². The third kappa shape index (κ3) is 4.12. The van der Waals surface area contributed by atoms with Gasteiger partial charge in [-0.25, -0.2) is 9.78 Å². The van der Waals surface area contributed by atoms with E-state index < -0.39 is 12.3 Å². The summed E-state index contributed by atoms with van der Waals surface area (Å²) in [5.41, 5.74) is 0.815. The summed E-state index contributed by atoms with van der Waals surface area (Å²) in [5.74, 6) is -0.627. The van der Waals surface area contributed by atoms with Gasteiger partial charge in [-0.1, -0.05) is 0 Å². The lowest BCUT2D eigenvalue weighted by Gasteiger charge is -2.11. The number of halogens is 3. The van der Waals surface area contributed by atoms with Crippen molar-refractivity contribution in [1.29, 1.82) is 0 Å². The van der Waals surface area contributed by atoms with Crippen LogP contribution in [0.1, 0.15) is 10.5 Å². The Bertz CT molecular complexity index is 699. The van der Waals surface area contributed by atoms with Crippen LogP contribution in [0, 0.1) is 0 Å². The number of benzene rings is 1. The van der Waals surface area contributed by atoms with Crippen LogP contribution in [0.25, 0.3) is 11.3 Å². The maximum absolute atomic E-state index is 12.2. The van der Waals surface area contributed by atoms with Crippen LogP contribution in [0.5, 0.6) is 11.5 Å². The van der Waals surface area contributed by atoms with E-state index in [0.717, 1.165) is 12.1 Å². The number of carbonyl (C=O) groups is 1. The van der Waals surface area contributed by atoms with E-state index in [1.54, 1.807) is 0 Å². The van der Waals surface area contributed by atoms with Gasteiger partial charge in [0.2, 0.25) is 0 Å². The van der Waals surface area contributed by atoms with Crippen molar-refractivity contribution in [3.8, 4) is 22.8 Å². The van der Waals surface area contributed by atoms with Gasteiger partial charge in [-0.3, -0.25) is 0 Å². The van der Waals surface area contributed by atoms with E-state index in [1.807, 2.05) is 0 Å². The highest BCUT2D eigenvalue weighted by Gasteiger charge is 2.31. The number of alkyl halides is 3. The smallest absolute Gasteiger partial charge is 0.494 e. The van der Waals surface area contributed by atoms with Gasteiger partial charge >= 0.3 is 12.3 Å². The van der Waals surface area contributed by atoms with Crippen molar-refractivity contribution in [3.05, 3.63) is 42.1 Å². The number of pyridine rings is 1. The second-order valence-electron chi connectivity index (χ2n) is 4.31. The summed E-state index contributed by atoms with van der Waals surface area (Å²) in [4.78, 5) is 15.7. The Hall–Kier alpha value is -2.77. The maximum atomic E-state index is 12.2. The van der Waals surface area contributed by atoms with Crippen molar-refractivity contribution in [2.24, 2.45) is 0 Å². The lowest BCUT2D eigenvalue weighted by atomic mass is 10.1. The first kappa shape index (κ1) is 16.6. The van der Waals surface area contributed by atoms with Crippen LogP contribution in [0.15, 0.2) is 36.4 Å². The van der Waals surface area contributed by atoms with E-state index in [2.05, 4.69) is 14.5 Å². The minimum Gasteiger partial charge on any atom is -0.494 e. The zero-order valence-corrected chi connectivity index (χ0v) is 12.2. The van der Waals surface area contributed by atoms with Gasteiger partial charge in [0.15, 0.2) is 0 Å². The largest absolute Gasteiger partial charge is 0.573 e. The maximum Gasteiger partial charge on any atom is 0.573 e. The molecule has 2 aromatic rings. The van der Waals surface area contributed by atoms with Crippen LogP contribution >= 0.6 is 0 Å². The first-order valence-corrected chi connectivity index (χ1v) is 6.33. The third-order valence-electron chi connectivity index (χ3n) is 2.83. The summed E-state index contributed by atoms with van der Waals surface area (Å²) in [6, 6.07) is 8.01. The molecule has 0 bridgehead atoms. The van der Waals surface area contributed by atoms with Crippen molar-refractivity contribution >= 4 is 5.97 Å². The number of ether oxygens (including phenoxy) is 3. The lowest BCUT2D eigenvalue weighted by Crippen LogP contribution is -2.16. The number of methoxy groups -OCH3 is 2. The molecule has 0 saturated carbocycles. The summed E-state index contributed by atoms with van der Waals surface area (Å²) >= 11 is 0. The van der Waals surface area contributed by atoms with Crippen molar-refractivity contribution < 1.29 is 32.2 Å². The molecule has 0 fully saturated rings. The molecule has 0 unspecified atom stereocenters. The molecule has 0 N–H and O–H groups in total. The molecule has 0 saturated heterocycles. The van der Waals surface area contributed by atoms with E-state index in [4.69, 9.17) is 4.74 Å². The fraction of sp³-hybridized carbons (Fsp3) is 0.200. The number of nitrogens with zero attached hydrogens (tertiary/aromatic N) is 1. The van der Waals surface area contributed by atoms with Gasteiger partial charge in [0.1, 0.15) is 22.9 Å². The predicted octanol–water partition coefficient (Wildman–Crippen LogP) is 3.44. The predicted molar refractivity (Wildman–Crippen MR) is 74.2 cm³/mol. The molecule has 0 spiro atoms. The Kier molecular flexibility index (Phi) is 4.73. The van der Waals surface area contributed by atoms with Gasteiger partial charge in [0.05, 0.1) is 14.2 Å². The minimum atomic E-state index is -4.76. The van der Waals surface area contributed by atoms with Gasteiger partial charge in [0, 0.05) is 5.56 Å². The fourth-order valence-electron chi connectivity index (χ4n) is 1.85. The first-order valence-electron chi connectivity index (χ1n) is 6.33. The van der Waals surface area contributed by atoms with Crippen LogP contribution in [-0.4, -0.2) is 31.5 Å². The Morgan fingerprint density at radius 3 is 2.22 bits per heavy atom. The monoisotopic (exact) mass is 327 g/mol. The fourth-order valence-corrected chi connectivity index (χ4v) is 1.85. The number of rotatable bonds is 4. The molecule has 1 aromatic carbocycles.